The smallest absolute Gasteiger partial charge is 0.226 e. The maximum absolute atomic E-state index is 12.1. The molecule has 1 aliphatic rings. The Morgan fingerprint density at radius 2 is 1.86 bits per heavy atom. The molecule has 1 fully saturated rings. The molecule has 0 aromatic heterocycles. The van der Waals surface area contributed by atoms with Gasteiger partial charge in [-0.3, -0.25) is 4.79 Å². The zero-order chi connectivity index (χ0) is 16.0. The fourth-order valence-corrected chi connectivity index (χ4v) is 3.18. The summed E-state index contributed by atoms with van der Waals surface area (Å²) in [6, 6.07) is 8.69. The van der Waals surface area contributed by atoms with Crippen LogP contribution in [0.5, 0.6) is 0 Å². The number of nitrogens with one attached hydrogen (secondary N) is 3. The number of benzene rings is 1. The van der Waals surface area contributed by atoms with Crippen LogP contribution in [-0.4, -0.2) is 31.6 Å². The Hall–Kier alpha value is -1.55. The zero-order valence-electron chi connectivity index (χ0n) is 14.0. The molecule has 0 aliphatic carbocycles. The molecule has 122 valence electrons. The third kappa shape index (κ3) is 4.01. The highest BCUT2D eigenvalue weighted by Gasteiger charge is 2.43. The molecule has 1 heterocycles. The van der Waals surface area contributed by atoms with Gasteiger partial charge in [0.15, 0.2) is 0 Å². The number of rotatable bonds is 8. The Bertz CT molecular complexity index is 480. The van der Waals surface area contributed by atoms with Crippen LogP contribution >= 0.6 is 0 Å². The van der Waals surface area contributed by atoms with E-state index in [0.717, 1.165) is 44.6 Å². The van der Waals surface area contributed by atoms with E-state index >= 15 is 0 Å². The first-order valence-corrected chi connectivity index (χ1v) is 8.42. The Balaban J connectivity index is 1.65. The van der Waals surface area contributed by atoms with Crippen LogP contribution in [0.4, 0.5) is 5.69 Å². The van der Waals surface area contributed by atoms with E-state index in [4.69, 9.17) is 0 Å². The van der Waals surface area contributed by atoms with Crippen molar-refractivity contribution in [3.63, 3.8) is 0 Å². The zero-order valence-corrected chi connectivity index (χ0v) is 14.0. The molecule has 4 nitrogen and oxygen atoms in total. The van der Waals surface area contributed by atoms with Crippen molar-refractivity contribution in [3.8, 4) is 0 Å². The highest BCUT2D eigenvalue weighted by molar-refractivity contribution is 5.85. The van der Waals surface area contributed by atoms with E-state index in [1.54, 1.807) is 0 Å². The number of hydrogen-bond acceptors (Lipinski definition) is 3. The molecule has 1 aromatic carbocycles. The highest BCUT2D eigenvalue weighted by Crippen LogP contribution is 2.36. The number of hydrogen-bond donors (Lipinski definition) is 3. The van der Waals surface area contributed by atoms with Crippen LogP contribution < -0.4 is 16.0 Å². The summed E-state index contributed by atoms with van der Waals surface area (Å²) in [7, 11) is 0. The second kappa shape index (κ2) is 7.63. The van der Waals surface area contributed by atoms with Crippen molar-refractivity contribution >= 4 is 11.6 Å². The van der Waals surface area contributed by atoms with E-state index in [-0.39, 0.29) is 17.4 Å². The summed E-state index contributed by atoms with van der Waals surface area (Å²) in [5, 5.41) is 9.97. The second-order valence-electron chi connectivity index (χ2n) is 6.36. The number of carbonyl (C=O) groups is 1. The lowest BCUT2D eigenvalue weighted by atomic mass is 9.79. The average molecular weight is 303 g/mol. The predicted octanol–water partition coefficient (Wildman–Crippen LogP) is 2.69. The molecule has 1 aliphatic heterocycles. The van der Waals surface area contributed by atoms with E-state index in [0.29, 0.717) is 0 Å². The Kier molecular flexibility index (Phi) is 5.83. The molecule has 1 aromatic rings. The van der Waals surface area contributed by atoms with Gasteiger partial charge >= 0.3 is 0 Å². The third-order valence-corrected chi connectivity index (χ3v) is 4.88. The lowest BCUT2D eigenvalue weighted by molar-refractivity contribution is -0.128. The third-order valence-electron chi connectivity index (χ3n) is 4.88. The van der Waals surface area contributed by atoms with E-state index in [1.807, 2.05) is 0 Å². The average Bonchev–Trinajstić information content (AvgIpc) is 2.85. The molecule has 0 saturated carbocycles. The first-order valence-electron chi connectivity index (χ1n) is 8.42. The van der Waals surface area contributed by atoms with E-state index in [2.05, 4.69) is 61.0 Å². The first-order chi connectivity index (χ1) is 10.6. The van der Waals surface area contributed by atoms with Crippen LogP contribution in [0.15, 0.2) is 24.3 Å². The number of amides is 1. The molecular formula is C18H29N3O. The molecule has 22 heavy (non-hydrogen) atoms. The molecule has 4 heteroatoms. The standard InChI is InChI=1S/C18H29N3O/c1-4-18(5-2)12-16(21-17(18)22)13-19-10-11-20-15-8-6-14(3)7-9-15/h6-9,16,19-20H,4-5,10-13H2,1-3H3,(H,21,22)/t16-/m1/s1. The van der Waals surface area contributed by atoms with Gasteiger partial charge < -0.3 is 16.0 Å². The van der Waals surface area contributed by atoms with Crippen LogP contribution in [0.3, 0.4) is 0 Å². The summed E-state index contributed by atoms with van der Waals surface area (Å²) in [6.07, 6.45) is 2.82. The molecule has 0 unspecified atom stereocenters. The summed E-state index contributed by atoms with van der Waals surface area (Å²) in [5.74, 6) is 0.238. The minimum atomic E-state index is -0.132. The Morgan fingerprint density at radius 3 is 2.45 bits per heavy atom. The van der Waals surface area contributed by atoms with Crippen molar-refractivity contribution in [1.82, 2.24) is 10.6 Å². The number of carbonyl (C=O) groups excluding carboxylic acids is 1. The van der Waals surface area contributed by atoms with Gasteiger partial charge in [0, 0.05) is 31.4 Å². The van der Waals surface area contributed by atoms with E-state index in [9.17, 15) is 4.79 Å². The van der Waals surface area contributed by atoms with Gasteiger partial charge in [0.05, 0.1) is 5.41 Å². The van der Waals surface area contributed by atoms with Gasteiger partial charge in [-0.25, -0.2) is 0 Å². The van der Waals surface area contributed by atoms with Gasteiger partial charge in [-0.05, 0) is 38.3 Å². The van der Waals surface area contributed by atoms with Crippen molar-refractivity contribution in [1.29, 1.82) is 0 Å². The molecule has 1 amide bonds. The molecule has 2 rings (SSSR count). The molecule has 1 atom stereocenters. The summed E-state index contributed by atoms with van der Waals surface area (Å²) < 4.78 is 0. The Morgan fingerprint density at radius 1 is 1.18 bits per heavy atom. The van der Waals surface area contributed by atoms with E-state index in [1.165, 1.54) is 5.56 Å². The summed E-state index contributed by atoms with van der Waals surface area (Å²) >= 11 is 0. The van der Waals surface area contributed by atoms with E-state index < -0.39 is 0 Å². The summed E-state index contributed by atoms with van der Waals surface area (Å²) in [6.45, 7) is 8.95. The normalized spacial score (nSPS) is 20.0. The summed E-state index contributed by atoms with van der Waals surface area (Å²) in [5.41, 5.74) is 2.29. The van der Waals surface area contributed by atoms with Gasteiger partial charge in [-0.2, -0.15) is 0 Å². The topological polar surface area (TPSA) is 53.2 Å². The predicted molar refractivity (Wildman–Crippen MR) is 92.1 cm³/mol. The van der Waals surface area contributed by atoms with Crippen molar-refractivity contribution in [3.05, 3.63) is 29.8 Å². The van der Waals surface area contributed by atoms with Gasteiger partial charge in [0.2, 0.25) is 5.91 Å². The molecule has 1 saturated heterocycles. The molecular weight excluding hydrogens is 274 g/mol. The van der Waals surface area contributed by atoms with Crippen LogP contribution in [-0.2, 0) is 4.79 Å². The highest BCUT2D eigenvalue weighted by atomic mass is 16.2. The van der Waals surface area contributed by atoms with Gasteiger partial charge in [0.25, 0.3) is 0 Å². The van der Waals surface area contributed by atoms with Gasteiger partial charge in [-0.1, -0.05) is 31.5 Å². The molecule has 0 bridgehead atoms. The SMILES string of the molecule is CCC1(CC)C[C@H](CNCCNc2ccc(C)cc2)NC1=O. The van der Waals surface area contributed by atoms with Crippen molar-refractivity contribution in [2.75, 3.05) is 25.0 Å². The lowest BCUT2D eigenvalue weighted by Gasteiger charge is -2.22. The van der Waals surface area contributed by atoms with Crippen LogP contribution in [0, 0.1) is 12.3 Å². The van der Waals surface area contributed by atoms with Crippen LogP contribution in [0.25, 0.3) is 0 Å². The van der Waals surface area contributed by atoms with Crippen LogP contribution in [0.2, 0.25) is 0 Å². The lowest BCUT2D eigenvalue weighted by Crippen LogP contribution is -2.37. The largest absolute Gasteiger partial charge is 0.384 e. The van der Waals surface area contributed by atoms with Crippen molar-refractivity contribution in [2.45, 2.75) is 46.1 Å². The minimum absolute atomic E-state index is 0.132. The second-order valence-corrected chi connectivity index (χ2v) is 6.36. The van der Waals surface area contributed by atoms with Crippen LogP contribution in [0.1, 0.15) is 38.7 Å². The molecule has 0 spiro atoms. The maximum atomic E-state index is 12.1. The fourth-order valence-electron chi connectivity index (χ4n) is 3.18. The first kappa shape index (κ1) is 16.8. The minimum Gasteiger partial charge on any atom is -0.384 e. The fraction of sp³-hybridized carbons (Fsp3) is 0.611. The molecule has 0 radical (unpaired) electrons. The van der Waals surface area contributed by atoms with Gasteiger partial charge in [0.1, 0.15) is 0 Å². The van der Waals surface area contributed by atoms with Crippen molar-refractivity contribution < 1.29 is 4.79 Å². The summed E-state index contributed by atoms with van der Waals surface area (Å²) in [4.78, 5) is 12.1. The monoisotopic (exact) mass is 303 g/mol. The van der Waals surface area contributed by atoms with Gasteiger partial charge in [-0.15, -0.1) is 0 Å². The van der Waals surface area contributed by atoms with Crippen molar-refractivity contribution in [2.24, 2.45) is 5.41 Å². The molecule has 3 N–H and O–H groups in total. The maximum Gasteiger partial charge on any atom is 0.226 e. The number of aryl methyl sites for hydroxylation is 1. The quantitative estimate of drug-likeness (QED) is 0.647. The Labute approximate surface area is 134 Å². The number of anilines is 1.